The highest BCUT2D eigenvalue weighted by atomic mass is 16.5. The maximum Gasteiger partial charge on any atom is 0.230 e. The third-order valence-corrected chi connectivity index (χ3v) is 3.42. The first kappa shape index (κ1) is 13.6. The van der Waals surface area contributed by atoms with Crippen LogP contribution in [-0.4, -0.2) is 24.2 Å². The quantitative estimate of drug-likeness (QED) is 0.821. The molecule has 0 bridgehead atoms. The molecule has 0 saturated heterocycles. The van der Waals surface area contributed by atoms with E-state index in [9.17, 15) is 0 Å². The predicted molar refractivity (Wildman–Crippen MR) is 77.4 cm³/mol. The Morgan fingerprint density at radius 1 is 1.11 bits per heavy atom. The average Bonchev–Trinajstić information content (AvgIpc) is 2.90. The fraction of sp³-hybridized carbons (Fsp3) is 0.467. The molecular weight excluding hydrogens is 238 g/mol. The van der Waals surface area contributed by atoms with Gasteiger partial charge in [0.05, 0.1) is 0 Å². The number of hydrogen-bond donors (Lipinski definition) is 0. The number of benzene rings is 1. The second kappa shape index (κ2) is 5.87. The van der Waals surface area contributed by atoms with Crippen LogP contribution in [-0.2, 0) is 0 Å². The van der Waals surface area contributed by atoms with Crippen LogP contribution in [0.2, 0.25) is 0 Å². The smallest absolute Gasteiger partial charge is 0.230 e. The molecule has 0 radical (unpaired) electrons. The molecule has 4 heteroatoms. The van der Waals surface area contributed by atoms with Crippen molar-refractivity contribution < 1.29 is 4.52 Å². The first-order valence-corrected chi connectivity index (χ1v) is 6.77. The highest BCUT2D eigenvalue weighted by Gasteiger charge is 2.16. The lowest BCUT2D eigenvalue weighted by Gasteiger charge is -2.11. The molecule has 0 aliphatic rings. The molecule has 0 atom stereocenters. The lowest BCUT2D eigenvalue weighted by molar-refractivity contribution is 0.346. The zero-order valence-corrected chi connectivity index (χ0v) is 12.1. The molecule has 102 valence electrons. The molecule has 0 aliphatic carbocycles. The van der Waals surface area contributed by atoms with Gasteiger partial charge in [-0.25, -0.2) is 0 Å². The van der Waals surface area contributed by atoms with Gasteiger partial charge in [-0.1, -0.05) is 19.0 Å². The molecule has 0 aliphatic heterocycles. The minimum absolute atomic E-state index is 0.363. The van der Waals surface area contributed by atoms with Crippen molar-refractivity contribution in [2.45, 2.75) is 32.6 Å². The summed E-state index contributed by atoms with van der Waals surface area (Å²) < 4.78 is 5.37. The van der Waals surface area contributed by atoms with Gasteiger partial charge < -0.3 is 9.42 Å². The van der Waals surface area contributed by atoms with E-state index in [-0.39, 0.29) is 0 Å². The van der Waals surface area contributed by atoms with Gasteiger partial charge in [-0.15, -0.1) is 0 Å². The molecule has 0 spiro atoms. The zero-order chi connectivity index (χ0) is 13.8. The van der Waals surface area contributed by atoms with Crippen LogP contribution >= 0.6 is 0 Å². The lowest BCUT2D eigenvalue weighted by atomic mass is 10.0. The van der Waals surface area contributed by atoms with Crippen LogP contribution < -0.4 is 4.90 Å². The van der Waals surface area contributed by atoms with Gasteiger partial charge in [0, 0.05) is 31.3 Å². The monoisotopic (exact) mass is 259 g/mol. The molecular formula is C15H21N3O. The van der Waals surface area contributed by atoms with E-state index in [4.69, 9.17) is 4.52 Å². The summed E-state index contributed by atoms with van der Waals surface area (Å²) in [5, 5.41) is 4.08. The van der Waals surface area contributed by atoms with Crippen LogP contribution in [0.5, 0.6) is 0 Å². The van der Waals surface area contributed by atoms with Crippen molar-refractivity contribution in [1.82, 2.24) is 10.1 Å². The largest absolute Gasteiger partial charge is 0.378 e. The molecule has 2 rings (SSSR count). The van der Waals surface area contributed by atoms with Crippen LogP contribution in [0.25, 0.3) is 11.4 Å². The summed E-state index contributed by atoms with van der Waals surface area (Å²) in [7, 11) is 4.04. The summed E-state index contributed by atoms with van der Waals surface area (Å²) in [5.41, 5.74) is 2.15. The summed E-state index contributed by atoms with van der Waals surface area (Å²) in [5.74, 6) is 1.78. The molecule has 4 nitrogen and oxygen atoms in total. The number of hydrogen-bond acceptors (Lipinski definition) is 4. The Bertz CT molecular complexity index is 512. The second-order valence-corrected chi connectivity index (χ2v) is 4.91. The Morgan fingerprint density at radius 2 is 1.74 bits per heavy atom. The van der Waals surface area contributed by atoms with Gasteiger partial charge in [-0.05, 0) is 37.1 Å². The zero-order valence-electron chi connectivity index (χ0n) is 12.1. The van der Waals surface area contributed by atoms with Crippen molar-refractivity contribution in [3.63, 3.8) is 0 Å². The van der Waals surface area contributed by atoms with E-state index in [1.54, 1.807) is 0 Å². The summed E-state index contributed by atoms with van der Waals surface area (Å²) >= 11 is 0. The van der Waals surface area contributed by atoms with E-state index in [1.807, 2.05) is 26.2 Å². The molecule has 1 heterocycles. The Kier molecular flexibility index (Phi) is 4.20. The van der Waals surface area contributed by atoms with Crippen LogP contribution in [0.15, 0.2) is 28.8 Å². The van der Waals surface area contributed by atoms with Crippen molar-refractivity contribution in [1.29, 1.82) is 0 Å². The highest BCUT2D eigenvalue weighted by molar-refractivity contribution is 5.59. The number of anilines is 1. The van der Waals surface area contributed by atoms with Crippen molar-refractivity contribution in [3.8, 4) is 11.4 Å². The van der Waals surface area contributed by atoms with E-state index >= 15 is 0 Å². The minimum atomic E-state index is 0.363. The SMILES string of the molecule is CCC(CC)c1nc(-c2ccc(N(C)C)cc2)no1. The van der Waals surface area contributed by atoms with E-state index < -0.39 is 0 Å². The molecule has 0 unspecified atom stereocenters. The molecule has 1 aromatic heterocycles. The van der Waals surface area contributed by atoms with Crippen LogP contribution in [0, 0.1) is 0 Å². The number of aromatic nitrogens is 2. The molecule has 0 fully saturated rings. The van der Waals surface area contributed by atoms with Gasteiger partial charge in [0.2, 0.25) is 11.7 Å². The average molecular weight is 259 g/mol. The summed E-state index contributed by atoms with van der Waals surface area (Å²) in [4.78, 5) is 6.57. The van der Waals surface area contributed by atoms with Crippen molar-refractivity contribution in [2.24, 2.45) is 0 Å². The molecule has 19 heavy (non-hydrogen) atoms. The number of nitrogens with zero attached hydrogens (tertiary/aromatic N) is 3. The van der Waals surface area contributed by atoms with E-state index in [0.29, 0.717) is 11.7 Å². The Labute approximate surface area is 114 Å². The van der Waals surface area contributed by atoms with Gasteiger partial charge in [-0.2, -0.15) is 4.98 Å². The van der Waals surface area contributed by atoms with E-state index in [2.05, 4.69) is 41.0 Å². The van der Waals surface area contributed by atoms with Gasteiger partial charge >= 0.3 is 0 Å². The molecule has 0 amide bonds. The molecule has 0 saturated carbocycles. The standard InChI is InChI=1S/C15H21N3O/c1-5-11(6-2)15-16-14(17-19-15)12-7-9-13(10-8-12)18(3)4/h7-11H,5-6H2,1-4H3. The third kappa shape index (κ3) is 2.95. The maximum absolute atomic E-state index is 5.37. The Hall–Kier alpha value is -1.84. The molecule has 0 N–H and O–H groups in total. The fourth-order valence-corrected chi connectivity index (χ4v) is 2.06. The van der Waals surface area contributed by atoms with Crippen LogP contribution in [0.4, 0.5) is 5.69 Å². The van der Waals surface area contributed by atoms with Crippen LogP contribution in [0.1, 0.15) is 38.5 Å². The normalized spacial score (nSPS) is 11.0. The minimum Gasteiger partial charge on any atom is -0.378 e. The lowest BCUT2D eigenvalue weighted by Crippen LogP contribution is -2.07. The van der Waals surface area contributed by atoms with Gasteiger partial charge in [0.15, 0.2) is 0 Å². The number of rotatable bonds is 5. The van der Waals surface area contributed by atoms with E-state index in [0.717, 1.165) is 30.0 Å². The Morgan fingerprint density at radius 3 is 2.26 bits per heavy atom. The summed E-state index contributed by atoms with van der Waals surface area (Å²) in [6, 6.07) is 8.17. The third-order valence-electron chi connectivity index (χ3n) is 3.42. The Balaban J connectivity index is 2.22. The summed E-state index contributed by atoms with van der Waals surface area (Å²) in [6.07, 6.45) is 2.05. The topological polar surface area (TPSA) is 42.2 Å². The summed E-state index contributed by atoms with van der Waals surface area (Å²) in [6.45, 7) is 4.29. The van der Waals surface area contributed by atoms with Gasteiger partial charge in [0.1, 0.15) is 0 Å². The highest BCUT2D eigenvalue weighted by Crippen LogP contribution is 2.25. The van der Waals surface area contributed by atoms with Crippen molar-refractivity contribution >= 4 is 5.69 Å². The molecule has 1 aromatic carbocycles. The van der Waals surface area contributed by atoms with Gasteiger partial charge in [0.25, 0.3) is 0 Å². The first-order chi connectivity index (χ1) is 9.15. The van der Waals surface area contributed by atoms with Crippen molar-refractivity contribution in [3.05, 3.63) is 30.2 Å². The maximum atomic E-state index is 5.37. The van der Waals surface area contributed by atoms with Gasteiger partial charge in [-0.3, -0.25) is 0 Å². The first-order valence-electron chi connectivity index (χ1n) is 6.77. The second-order valence-electron chi connectivity index (χ2n) is 4.91. The molecule has 2 aromatic rings. The van der Waals surface area contributed by atoms with Crippen LogP contribution in [0.3, 0.4) is 0 Å². The predicted octanol–water partition coefficient (Wildman–Crippen LogP) is 3.71. The van der Waals surface area contributed by atoms with Crippen molar-refractivity contribution in [2.75, 3.05) is 19.0 Å². The van der Waals surface area contributed by atoms with E-state index in [1.165, 1.54) is 0 Å². The fourth-order valence-electron chi connectivity index (χ4n) is 2.06.